The van der Waals surface area contributed by atoms with Crippen molar-refractivity contribution >= 4 is 12.2 Å². The van der Waals surface area contributed by atoms with E-state index >= 15 is 0 Å². The second-order valence-corrected chi connectivity index (χ2v) is 1.72. The maximum absolute atomic E-state index is 9.89. The Morgan fingerprint density at radius 2 is 2.50 bits per heavy atom. The number of hydrogen-bond donors (Lipinski definition) is 1. The fourth-order valence-corrected chi connectivity index (χ4v) is 0.312. The molecule has 0 aromatic heterocycles. The van der Waals surface area contributed by atoms with Crippen LogP contribution in [0.1, 0.15) is 19.8 Å². The van der Waals surface area contributed by atoms with Gasteiger partial charge < -0.3 is 9.94 Å². The molecule has 0 aromatic rings. The van der Waals surface area contributed by atoms with Crippen LogP contribution in [0.5, 0.6) is 0 Å². The Kier molecular flexibility index (Phi) is 5.42. The Balaban J connectivity index is 3.12. The zero-order valence-corrected chi connectivity index (χ0v) is 5.91. The van der Waals surface area contributed by atoms with E-state index in [2.05, 4.69) is 9.99 Å². The van der Waals surface area contributed by atoms with Crippen LogP contribution in [0.3, 0.4) is 0 Å². The van der Waals surface area contributed by atoms with Gasteiger partial charge in [-0.15, -0.1) is 0 Å². The second kappa shape index (κ2) is 6.07. The number of aliphatic carboxylic acids is 1. The molecule has 0 unspecified atom stereocenters. The normalized spacial score (nSPS) is 10.1. The predicted molar refractivity (Wildman–Crippen MR) is 37.0 cm³/mol. The van der Waals surface area contributed by atoms with Crippen LogP contribution in [0, 0.1) is 0 Å². The molecule has 0 spiro atoms. The van der Waals surface area contributed by atoms with Crippen LogP contribution in [0.15, 0.2) is 5.16 Å². The lowest BCUT2D eigenvalue weighted by Gasteiger charge is -1.91. The smallest absolute Gasteiger partial charge is 0.308 e. The van der Waals surface area contributed by atoms with Gasteiger partial charge in [0.2, 0.25) is 0 Å². The van der Waals surface area contributed by atoms with Gasteiger partial charge >= 0.3 is 5.97 Å². The van der Waals surface area contributed by atoms with Crippen molar-refractivity contribution in [3.8, 4) is 0 Å². The first-order valence-corrected chi connectivity index (χ1v) is 3.13. The summed E-state index contributed by atoms with van der Waals surface area (Å²) < 4.78 is 0. The summed E-state index contributed by atoms with van der Waals surface area (Å²) in [5.74, 6) is -0.899. The molecule has 58 valence electrons. The molecule has 0 heterocycles. The van der Waals surface area contributed by atoms with Crippen LogP contribution in [0.4, 0.5) is 0 Å². The molecule has 0 amide bonds. The van der Waals surface area contributed by atoms with Gasteiger partial charge in [-0.2, -0.15) is 0 Å². The van der Waals surface area contributed by atoms with Gasteiger partial charge in [0.05, 0.1) is 12.6 Å². The van der Waals surface area contributed by atoms with E-state index in [0.29, 0.717) is 6.61 Å². The first-order valence-electron chi connectivity index (χ1n) is 3.13. The third-order valence-electron chi connectivity index (χ3n) is 0.710. The van der Waals surface area contributed by atoms with Gasteiger partial charge in [-0.3, -0.25) is 4.79 Å². The number of hydrogen-bond acceptors (Lipinski definition) is 3. The molecule has 0 atom stereocenters. The third-order valence-corrected chi connectivity index (χ3v) is 0.710. The SMILES string of the molecule is CCCON=CCC(=O)O. The maximum atomic E-state index is 9.89. The van der Waals surface area contributed by atoms with Crippen molar-refractivity contribution in [3.63, 3.8) is 0 Å². The quantitative estimate of drug-likeness (QED) is 0.355. The molecule has 4 heteroatoms. The van der Waals surface area contributed by atoms with E-state index in [9.17, 15) is 4.79 Å². The second-order valence-electron chi connectivity index (χ2n) is 1.72. The molecule has 1 N–H and O–H groups in total. The molecule has 0 aliphatic heterocycles. The number of oxime groups is 1. The van der Waals surface area contributed by atoms with E-state index in [-0.39, 0.29) is 6.42 Å². The summed E-state index contributed by atoms with van der Waals surface area (Å²) in [6.45, 7) is 2.49. The average molecular weight is 145 g/mol. The third kappa shape index (κ3) is 6.94. The Morgan fingerprint density at radius 1 is 1.80 bits per heavy atom. The Hall–Kier alpha value is -1.06. The van der Waals surface area contributed by atoms with Crippen molar-refractivity contribution in [2.24, 2.45) is 5.16 Å². The van der Waals surface area contributed by atoms with E-state index in [1.807, 2.05) is 6.92 Å². The lowest BCUT2D eigenvalue weighted by molar-refractivity contribution is -0.135. The minimum atomic E-state index is -0.899. The van der Waals surface area contributed by atoms with Crippen molar-refractivity contribution in [2.45, 2.75) is 19.8 Å². The van der Waals surface area contributed by atoms with Gasteiger partial charge in [-0.05, 0) is 6.42 Å². The first-order chi connectivity index (χ1) is 4.77. The summed E-state index contributed by atoms with van der Waals surface area (Å²) in [4.78, 5) is 14.5. The lowest BCUT2D eigenvalue weighted by atomic mass is 10.5. The molecule has 0 fully saturated rings. The lowest BCUT2D eigenvalue weighted by Crippen LogP contribution is -1.95. The number of carboxylic acid groups (broad SMARTS) is 1. The minimum absolute atomic E-state index is 0.0796. The molecular formula is C6H11NO3. The van der Waals surface area contributed by atoms with Crippen LogP contribution < -0.4 is 0 Å². The van der Waals surface area contributed by atoms with Gasteiger partial charge in [0.25, 0.3) is 0 Å². The highest BCUT2D eigenvalue weighted by molar-refractivity contribution is 5.84. The van der Waals surface area contributed by atoms with E-state index in [1.54, 1.807) is 0 Å². The van der Waals surface area contributed by atoms with Crippen molar-refractivity contribution in [1.29, 1.82) is 0 Å². The fourth-order valence-electron chi connectivity index (χ4n) is 0.312. The minimum Gasteiger partial charge on any atom is -0.481 e. The van der Waals surface area contributed by atoms with Crippen LogP contribution in [-0.2, 0) is 9.63 Å². The first kappa shape index (κ1) is 8.94. The number of rotatable bonds is 5. The van der Waals surface area contributed by atoms with Gasteiger partial charge in [-0.25, -0.2) is 0 Å². The van der Waals surface area contributed by atoms with E-state index in [4.69, 9.17) is 5.11 Å². The Bertz CT molecular complexity index is 122. The molecular weight excluding hydrogens is 134 g/mol. The summed E-state index contributed by atoms with van der Waals surface area (Å²) in [6, 6.07) is 0. The molecule has 0 saturated heterocycles. The van der Waals surface area contributed by atoms with Crippen LogP contribution in [0.25, 0.3) is 0 Å². The van der Waals surface area contributed by atoms with Crippen molar-refractivity contribution in [1.82, 2.24) is 0 Å². The highest BCUT2D eigenvalue weighted by atomic mass is 16.6. The van der Waals surface area contributed by atoms with Crippen LogP contribution >= 0.6 is 0 Å². The van der Waals surface area contributed by atoms with E-state index in [0.717, 1.165) is 6.42 Å². The van der Waals surface area contributed by atoms with Crippen molar-refractivity contribution in [3.05, 3.63) is 0 Å². The zero-order valence-electron chi connectivity index (χ0n) is 5.91. The summed E-state index contributed by atoms with van der Waals surface area (Å²) >= 11 is 0. The summed E-state index contributed by atoms with van der Waals surface area (Å²) in [5, 5.41) is 11.5. The van der Waals surface area contributed by atoms with Gasteiger partial charge in [0.15, 0.2) is 0 Å². The number of carboxylic acids is 1. The predicted octanol–water partition coefficient (Wildman–Crippen LogP) is 0.873. The van der Waals surface area contributed by atoms with Crippen LogP contribution in [-0.4, -0.2) is 23.9 Å². The Labute approximate surface area is 59.5 Å². The van der Waals surface area contributed by atoms with Crippen LogP contribution in [0.2, 0.25) is 0 Å². The average Bonchev–Trinajstić information content (AvgIpc) is 1.87. The van der Waals surface area contributed by atoms with Gasteiger partial charge in [0, 0.05) is 0 Å². The summed E-state index contributed by atoms with van der Waals surface area (Å²) in [7, 11) is 0. The summed E-state index contributed by atoms with van der Waals surface area (Å²) in [6.07, 6.45) is 2.03. The standard InChI is InChI=1S/C6H11NO3/c1-2-5-10-7-4-3-6(8)9/h4H,2-3,5H2,1H3,(H,8,9). The fraction of sp³-hybridized carbons (Fsp3) is 0.667. The highest BCUT2D eigenvalue weighted by Crippen LogP contribution is 1.80. The Morgan fingerprint density at radius 3 is 3.00 bits per heavy atom. The highest BCUT2D eigenvalue weighted by Gasteiger charge is 1.89. The topological polar surface area (TPSA) is 58.9 Å². The molecule has 0 saturated carbocycles. The maximum Gasteiger partial charge on any atom is 0.308 e. The molecule has 4 nitrogen and oxygen atoms in total. The molecule has 0 aliphatic carbocycles. The van der Waals surface area contributed by atoms with Crippen molar-refractivity contribution < 1.29 is 14.7 Å². The van der Waals surface area contributed by atoms with Gasteiger partial charge in [0.1, 0.15) is 6.61 Å². The van der Waals surface area contributed by atoms with Crippen molar-refractivity contribution in [2.75, 3.05) is 6.61 Å². The molecule has 0 bridgehead atoms. The molecule has 0 aromatic carbocycles. The molecule has 0 aliphatic rings. The van der Waals surface area contributed by atoms with E-state index in [1.165, 1.54) is 6.21 Å². The zero-order chi connectivity index (χ0) is 7.82. The van der Waals surface area contributed by atoms with E-state index < -0.39 is 5.97 Å². The number of carbonyl (C=O) groups is 1. The molecule has 0 radical (unpaired) electrons. The monoisotopic (exact) mass is 145 g/mol. The molecule has 0 rings (SSSR count). The summed E-state index contributed by atoms with van der Waals surface area (Å²) in [5.41, 5.74) is 0. The molecule has 10 heavy (non-hydrogen) atoms. The largest absolute Gasteiger partial charge is 0.481 e. The van der Waals surface area contributed by atoms with Gasteiger partial charge in [-0.1, -0.05) is 12.1 Å². The number of nitrogens with zero attached hydrogens (tertiary/aromatic N) is 1.